The Morgan fingerprint density at radius 3 is 1.30 bits per heavy atom. The summed E-state index contributed by atoms with van der Waals surface area (Å²) >= 11 is 4.40. The standard InChI is InChI=1S/C28H37N9OS.C23H26N8O2S.C19H19N7O2S/c1-18-16-21(37-14-12-36(13-15-37)20-8-10-33(3)11-9-20)6-7-22(18)31-28-29-17-23-25(32-28)35(5)27-24(26(38)34(23)4)30-19(2)39-27;1-13-10-15(31-9-8-28(3)12-18(31)32)6-7-16(13)26-23-24-11-17-20(27-23)30(5)22-19(21(33)29(17)4)25-14(2)34-22;1-10-22-14-17(28)25(3)13-9-21-19(24-15(13)26(4)18(14)29-10)23-12-7-5-11(6-8-12)16(27)20-2/h6-7,16-17,20H,8-15H2,1-5H3,(H,29,31,32);6-7,10-11H,8-9,12H2,1-5H3,(H,24,26,27);5-9H,1-4H3,(H,20,27)(H,21,23,24). The zero-order valence-corrected chi connectivity index (χ0v) is 62.0. The molecule has 0 atom stereocenters. The van der Waals surface area contributed by atoms with E-state index in [1.165, 1.54) is 75.4 Å². The van der Waals surface area contributed by atoms with Gasteiger partial charge in [0, 0.05) is 129 Å². The molecule has 29 nitrogen and oxygen atoms in total. The van der Waals surface area contributed by atoms with Crippen LogP contribution in [0.4, 0.5) is 95.8 Å². The smallest absolute Gasteiger partial charge is 0.279 e. The van der Waals surface area contributed by atoms with Crippen LogP contribution in [0.25, 0.3) is 0 Å². The van der Waals surface area contributed by atoms with Crippen molar-refractivity contribution in [2.45, 2.75) is 53.5 Å². The minimum atomic E-state index is -0.191. The minimum absolute atomic E-state index is 0.0994. The molecule has 3 aromatic carbocycles. The van der Waals surface area contributed by atoms with Crippen molar-refractivity contribution in [1.82, 2.24) is 64.9 Å². The second kappa shape index (κ2) is 28.9. The Hall–Kier alpha value is -10.4. The first-order chi connectivity index (χ1) is 48.9. The number of benzene rings is 3. The number of carbonyl (C=O) groups is 5. The van der Waals surface area contributed by atoms with Crippen LogP contribution in [0.3, 0.4) is 0 Å². The monoisotopic (exact) mass is 1430 g/mol. The lowest BCUT2D eigenvalue weighted by Crippen LogP contribution is -2.53. The molecule has 32 heteroatoms. The molecule has 5 amide bonds. The van der Waals surface area contributed by atoms with Crippen molar-refractivity contribution in [1.29, 1.82) is 0 Å². The first-order valence-electron chi connectivity index (χ1n) is 33.5. The van der Waals surface area contributed by atoms with Gasteiger partial charge in [-0.05, 0) is 146 Å². The number of carbonyl (C=O) groups excluding carboxylic acids is 5. The Morgan fingerprint density at radius 1 is 0.461 bits per heavy atom. The molecule has 9 aromatic rings. The number of aromatic nitrogens is 9. The minimum Gasteiger partial charge on any atom is -0.369 e. The summed E-state index contributed by atoms with van der Waals surface area (Å²) < 4.78 is 0. The Kier molecular flexibility index (Phi) is 19.9. The molecule has 6 aliphatic rings. The molecule has 4 N–H and O–H groups in total. The number of aryl methyl sites for hydroxylation is 5. The van der Waals surface area contributed by atoms with Gasteiger partial charge in [0.05, 0.1) is 40.2 Å². The van der Waals surface area contributed by atoms with E-state index in [9.17, 15) is 24.0 Å². The van der Waals surface area contributed by atoms with E-state index in [0.717, 1.165) is 103 Å². The summed E-state index contributed by atoms with van der Waals surface area (Å²) in [4.78, 5) is 125. The maximum Gasteiger partial charge on any atom is 0.279 e. The molecule has 0 saturated carbocycles. The van der Waals surface area contributed by atoms with Gasteiger partial charge in [-0.15, -0.1) is 34.0 Å². The molecular weight excluding hydrogens is 1350 g/mol. The third kappa shape index (κ3) is 14.1. The summed E-state index contributed by atoms with van der Waals surface area (Å²) in [5.41, 5.74) is 10.5. The SMILES string of the molecule is CNC(=O)c1ccc(Nc2ncc3c(n2)N(C)c2sc(C)nc2C(=O)N3C)cc1.Cc1nc2c(s1)N(C)c1nc(Nc3ccc(N4CCN(C)CC4=O)cc3C)ncc1N(C)C2=O.Cc1nc2c(s1)N(C)c1nc(Nc3ccc(N4CCN(C5CCN(C)CC5)CC4)cc3C)ncc1N(C)C2=O. The number of thiazole rings is 3. The average Bonchev–Trinajstić information content (AvgIpc) is 1.62. The van der Waals surface area contributed by atoms with Crippen LogP contribution >= 0.6 is 34.0 Å². The first-order valence-corrected chi connectivity index (χ1v) is 35.9. The summed E-state index contributed by atoms with van der Waals surface area (Å²) in [6, 6.07) is 20.2. The van der Waals surface area contributed by atoms with Crippen LogP contribution in [0.2, 0.25) is 0 Å². The summed E-state index contributed by atoms with van der Waals surface area (Å²) in [6.07, 6.45) is 7.54. The van der Waals surface area contributed by atoms with Gasteiger partial charge in [-0.25, -0.2) is 29.9 Å². The van der Waals surface area contributed by atoms with Gasteiger partial charge >= 0.3 is 0 Å². The second-order valence-electron chi connectivity index (χ2n) is 26.0. The third-order valence-corrected chi connectivity index (χ3v) is 22.2. The maximum absolute atomic E-state index is 13.0. The van der Waals surface area contributed by atoms with E-state index in [0.29, 0.717) is 88.1 Å². The highest BCUT2D eigenvalue weighted by molar-refractivity contribution is 7.17. The Labute approximate surface area is 603 Å². The number of nitrogens with zero attached hydrogens (tertiary/aromatic N) is 20. The fourth-order valence-corrected chi connectivity index (χ4v) is 15.7. The number of rotatable bonds is 10. The summed E-state index contributed by atoms with van der Waals surface area (Å²) in [7, 11) is 16.6. The number of amides is 5. The van der Waals surface area contributed by atoms with Gasteiger partial charge in [0.15, 0.2) is 34.5 Å². The Bertz CT molecular complexity index is 4720. The van der Waals surface area contributed by atoms with Crippen molar-refractivity contribution in [3.8, 4) is 0 Å². The number of piperazine rings is 2. The average molecular weight is 1440 g/mol. The number of hydrogen-bond acceptors (Lipinski definition) is 27. The van der Waals surface area contributed by atoms with Gasteiger partial charge in [0.25, 0.3) is 23.6 Å². The molecular formula is C70H82N24O5S3. The highest BCUT2D eigenvalue weighted by Gasteiger charge is 2.36. The van der Waals surface area contributed by atoms with E-state index in [1.54, 1.807) is 75.9 Å². The number of piperidine rings is 1. The highest BCUT2D eigenvalue weighted by atomic mass is 32.1. The molecule has 102 heavy (non-hydrogen) atoms. The number of likely N-dealkylation sites (tertiary alicyclic amines) is 1. The Morgan fingerprint density at radius 2 is 0.882 bits per heavy atom. The van der Waals surface area contributed by atoms with Crippen LogP contribution in [0, 0.1) is 34.6 Å². The molecule has 0 radical (unpaired) electrons. The molecule has 0 unspecified atom stereocenters. The number of likely N-dealkylation sites (N-methyl/N-ethyl adjacent to an activating group) is 1. The molecule has 0 aliphatic carbocycles. The van der Waals surface area contributed by atoms with Crippen LogP contribution in [0.1, 0.15) is 80.8 Å². The van der Waals surface area contributed by atoms with E-state index in [4.69, 9.17) is 9.97 Å². The number of fused-ring (bicyclic) bond motifs is 6. The fourth-order valence-electron chi connectivity index (χ4n) is 13.1. The molecule has 6 aliphatic heterocycles. The lowest BCUT2D eigenvalue weighted by Gasteiger charge is -2.43. The molecule has 15 rings (SSSR count). The first kappa shape index (κ1) is 70.1. The van der Waals surface area contributed by atoms with Gasteiger partial charge in [-0.2, -0.15) is 15.0 Å². The third-order valence-electron chi connectivity index (χ3n) is 19.0. The van der Waals surface area contributed by atoms with E-state index >= 15 is 0 Å². The van der Waals surface area contributed by atoms with Crippen molar-refractivity contribution in [3.05, 3.63) is 128 Å². The van der Waals surface area contributed by atoms with E-state index in [2.05, 4.69) is 103 Å². The number of hydrogen-bond donors (Lipinski definition) is 4. The van der Waals surface area contributed by atoms with Gasteiger partial charge in [-0.3, -0.25) is 33.8 Å². The van der Waals surface area contributed by atoms with Crippen LogP contribution in [0.5, 0.6) is 0 Å². The van der Waals surface area contributed by atoms with Crippen molar-refractivity contribution in [3.63, 3.8) is 0 Å². The van der Waals surface area contributed by atoms with Crippen LogP contribution in [-0.4, -0.2) is 217 Å². The molecule has 0 bridgehead atoms. The molecule has 0 spiro atoms. The zero-order valence-electron chi connectivity index (χ0n) is 59.6. The normalized spacial score (nSPS) is 16.5. The van der Waals surface area contributed by atoms with E-state index in [-0.39, 0.29) is 29.5 Å². The van der Waals surface area contributed by atoms with E-state index < -0.39 is 0 Å². The summed E-state index contributed by atoms with van der Waals surface area (Å²) in [5.74, 6) is 2.61. The van der Waals surface area contributed by atoms with Gasteiger partial charge in [0.2, 0.25) is 23.8 Å². The summed E-state index contributed by atoms with van der Waals surface area (Å²) in [6.45, 7) is 18.5. The second-order valence-corrected chi connectivity index (χ2v) is 29.6. The predicted molar refractivity (Wildman–Crippen MR) is 405 cm³/mol. The predicted octanol–water partition coefficient (Wildman–Crippen LogP) is 9.50. The van der Waals surface area contributed by atoms with Crippen molar-refractivity contribution >= 4 is 159 Å². The van der Waals surface area contributed by atoms with Crippen molar-refractivity contribution in [2.75, 3.05) is 177 Å². The molecule has 6 aromatic heterocycles. The maximum atomic E-state index is 13.0. The lowest BCUT2D eigenvalue weighted by atomic mass is 10.0. The van der Waals surface area contributed by atoms with Crippen LogP contribution in [-0.2, 0) is 4.79 Å². The number of anilines is 17. The van der Waals surface area contributed by atoms with Gasteiger partial charge < -0.3 is 65.4 Å². The number of nitrogens with one attached hydrogen (secondary N) is 4. The van der Waals surface area contributed by atoms with Gasteiger partial charge in [0.1, 0.15) is 32.1 Å². The molecule has 3 saturated heterocycles. The molecule has 530 valence electrons. The highest BCUT2D eigenvalue weighted by Crippen LogP contribution is 2.45. The van der Waals surface area contributed by atoms with Crippen LogP contribution in [0.15, 0.2) is 79.3 Å². The van der Waals surface area contributed by atoms with Crippen molar-refractivity contribution in [2.24, 2.45) is 0 Å². The Balaban J connectivity index is 0.000000138. The van der Waals surface area contributed by atoms with Gasteiger partial charge in [-0.1, -0.05) is 0 Å². The quantitative estimate of drug-likeness (QED) is 0.0991. The molecule has 12 heterocycles. The lowest BCUT2D eigenvalue weighted by molar-refractivity contribution is -0.120. The fraction of sp³-hybridized carbons (Fsp3) is 0.371. The molecule has 3 fully saturated rings. The van der Waals surface area contributed by atoms with E-state index in [1.807, 2.05) is 98.6 Å². The van der Waals surface area contributed by atoms with Crippen molar-refractivity contribution < 1.29 is 24.0 Å². The topological polar surface area (TPSA) is 285 Å². The largest absolute Gasteiger partial charge is 0.369 e. The zero-order chi connectivity index (χ0) is 72.1. The van der Waals surface area contributed by atoms with Crippen LogP contribution < -0.4 is 60.5 Å². The summed E-state index contributed by atoms with van der Waals surface area (Å²) in [5, 5.41) is 17.2.